The van der Waals surface area contributed by atoms with Crippen LogP contribution in [0.15, 0.2) is 12.7 Å². The minimum absolute atomic E-state index is 0.213. The Kier molecular flexibility index (Phi) is 7.73. The summed E-state index contributed by atoms with van der Waals surface area (Å²) in [6, 6.07) is 0. The van der Waals surface area contributed by atoms with E-state index in [1.165, 1.54) is 12.8 Å². The molecule has 0 fully saturated rings. The normalized spacial score (nSPS) is 14.4. The molecule has 0 saturated heterocycles. The molecule has 0 bridgehead atoms. The summed E-state index contributed by atoms with van der Waals surface area (Å²) < 4.78 is 0. The van der Waals surface area contributed by atoms with E-state index >= 15 is 0 Å². The van der Waals surface area contributed by atoms with E-state index in [-0.39, 0.29) is 5.54 Å². The van der Waals surface area contributed by atoms with E-state index < -0.39 is 0 Å². The second-order valence-electron chi connectivity index (χ2n) is 6.43. The van der Waals surface area contributed by atoms with Gasteiger partial charge in [-0.15, -0.1) is 6.58 Å². The molecule has 0 unspecified atom stereocenters. The third kappa shape index (κ3) is 7.56. The Hall–Kier alpha value is -0.340. The molecule has 2 heteroatoms. The summed E-state index contributed by atoms with van der Waals surface area (Å²) in [6.07, 6.45) is 4.42. The van der Waals surface area contributed by atoms with Crippen LogP contribution in [-0.2, 0) is 0 Å². The smallest absolute Gasteiger partial charge is 0.0165 e. The first kappa shape index (κ1) is 16.7. The van der Waals surface area contributed by atoms with Crippen molar-refractivity contribution in [3.8, 4) is 0 Å². The molecule has 0 heterocycles. The summed E-state index contributed by atoms with van der Waals surface area (Å²) in [5.41, 5.74) is 6.07. The van der Waals surface area contributed by atoms with Crippen molar-refractivity contribution >= 4 is 0 Å². The van der Waals surface area contributed by atoms with Crippen LogP contribution in [0.5, 0.6) is 0 Å². The molecule has 0 aromatic rings. The highest BCUT2D eigenvalue weighted by atomic mass is 15.2. The van der Waals surface area contributed by atoms with Crippen LogP contribution in [0.25, 0.3) is 0 Å². The van der Waals surface area contributed by atoms with Gasteiger partial charge in [0.15, 0.2) is 0 Å². The zero-order chi connectivity index (χ0) is 13.5. The van der Waals surface area contributed by atoms with Gasteiger partial charge in [0.05, 0.1) is 0 Å². The largest absolute Gasteiger partial charge is 0.330 e. The molecular weight excluding hydrogens is 208 g/mol. The van der Waals surface area contributed by atoms with Crippen LogP contribution >= 0.6 is 0 Å². The molecule has 2 nitrogen and oxygen atoms in total. The molecule has 0 rings (SSSR count). The van der Waals surface area contributed by atoms with Crippen molar-refractivity contribution in [1.29, 1.82) is 0 Å². The Bertz CT molecular complexity index is 203. The summed E-state index contributed by atoms with van der Waals surface area (Å²) >= 11 is 0. The van der Waals surface area contributed by atoms with Gasteiger partial charge < -0.3 is 5.73 Å². The van der Waals surface area contributed by atoms with Gasteiger partial charge in [-0.1, -0.05) is 19.9 Å². The van der Waals surface area contributed by atoms with Crippen LogP contribution in [-0.4, -0.2) is 30.1 Å². The van der Waals surface area contributed by atoms with Crippen LogP contribution < -0.4 is 5.73 Å². The average molecular weight is 240 g/mol. The van der Waals surface area contributed by atoms with Crippen molar-refractivity contribution in [2.75, 3.05) is 19.6 Å². The number of rotatable bonds is 8. The van der Waals surface area contributed by atoms with Crippen molar-refractivity contribution in [3.05, 3.63) is 12.7 Å². The minimum atomic E-state index is 0.213. The van der Waals surface area contributed by atoms with Crippen molar-refractivity contribution in [3.63, 3.8) is 0 Å². The number of nitrogens with zero attached hydrogens (tertiary/aromatic N) is 1. The molecule has 0 saturated carbocycles. The average Bonchev–Trinajstić information content (AvgIpc) is 2.19. The van der Waals surface area contributed by atoms with Crippen molar-refractivity contribution in [1.82, 2.24) is 4.90 Å². The molecule has 0 spiro atoms. The maximum Gasteiger partial charge on any atom is 0.0165 e. The van der Waals surface area contributed by atoms with Gasteiger partial charge >= 0.3 is 0 Å². The lowest BCUT2D eigenvalue weighted by Gasteiger charge is -2.36. The Balaban J connectivity index is 4.22. The Morgan fingerprint density at radius 3 is 2.24 bits per heavy atom. The summed E-state index contributed by atoms with van der Waals surface area (Å²) in [5.74, 6) is 1.40. The van der Waals surface area contributed by atoms with Gasteiger partial charge in [-0.3, -0.25) is 4.90 Å². The van der Waals surface area contributed by atoms with Crippen molar-refractivity contribution in [2.24, 2.45) is 17.6 Å². The molecular formula is C15H32N2. The zero-order valence-electron chi connectivity index (χ0n) is 12.5. The molecule has 17 heavy (non-hydrogen) atoms. The molecule has 0 radical (unpaired) electrons. The van der Waals surface area contributed by atoms with E-state index in [2.05, 4.69) is 46.1 Å². The van der Waals surface area contributed by atoms with Crippen LogP contribution in [0, 0.1) is 11.8 Å². The summed E-state index contributed by atoms with van der Waals surface area (Å²) in [7, 11) is 0. The molecule has 0 amide bonds. The molecule has 0 aliphatic carbocycles. The maximum atomic E-state index is 5.85. The first-order chi connectivity index (χ1) is 7.81. The minimum Gasteiger partial charge on any atom is -0.330 e. The third-order valence-electron chi connectivity index (χ3n) is 3.24. The van der Waals surface area contributed by atoms with E-state index in [9.17, 15) is 0 Å². The van der Waals surface area contributed by atoms with Crippen LogP contribution in [0.1, 0.15) is 47.5 Å². The molecule has 0 aliphatic rings. The number of nitrogens with two attached hydrogens (primary N) is 1. The molecule has 0 aromatic carbocycles. The fourth-order valence-electron chi connectivity index (χ4n) is 2.19. The molecule has 102 valence electrons. The highest BCUT2D eigenvalue weighted by Gasteiger charge is 2.21. The van der Waals surface area contributed by atoms with Gasteiger partial charge in [0, 0.05) is 12.1 Å². The topological polar surface area (TPSA) is 29.3 Å². The van der Waals surface area contributed by atoms with E-state index in [4.69, 9.17) is 5.73 Å². The quantitative estimate of drug-likeness (QED) is 0.660. The van der Waals surface area contributed by atoms with Gasteiger partial charge in [-0.05, 0) is 58.5 Å². The van der Waals surface area contributed by atoms with E-state index in [0.29, 0.717) is 5.92 Å². The van der Waals surface area contributed by atoms with E-state index in [1.807, 2.05) is 6.08 Å². The van der Waals surface area contributed by atoms with Crippen molar-refractivity contribution in [2.45, 2.75) is 53.0 Å². The predicted octanol–water partition coefficient (Wildman–Crippen LogP) is 3.28. The van der Waals surface area contributed by atoms with Gasteiger partial charge in [-0.2, -0.15) is 0 Å². The van der Waals surface area contributed by atoms with Gasteiger partial charge in [0.25, 0.3) is 0 Å². The molecule has 0 aromatic heterocycles. The predicted molar refractivity (Wildman–Crippen MR) is 78.1 cm³/mol. The monoisotopic (exact) mass is 240 g/mol. The summed E-state index contributed by atoms with van der Waals surface area (Å²) in [4.78, 5) is 2.48. The van der Waals surface area contributed by atoms with Gasteiger partial charge in [0.2, 0.25) is 0 Å². The van der Waals surface area contributed by atoms with Gasteiger partial charge in [0.1, 0.15) is 0 Å². The summed E-state index contributed by atoms with van der Waals surface area (Å²) in [5, 5.41) is 0. The number of hydrogen-bond acceptors (Lipinski definition) is 2. The molecule has 2 N–H and O–H groups in total. The lowest BCUT2D eigenvalue weighted by atomic mass is 9.93. The first-order valence-corrected chi connectivity index (χ1v) is 6.87. The fourth-order valence-corrected chi connectivity index (χ4v) is 2.19. The lowest BCUT2D eigenvalue weighted by Crippen LogP contribution is -2.42. The highest BCUT2D eigenvalue weighted by molar-refractivity contribution is 4.83. The fraction of sp³-hybridized carbons (Fsp3) is 0.867. The molecule has 1 atom stereocenters. The van der Waals surface area contributed by atoms with Crippen LogP contribution in [0.3, 0.4) is 0 Å². The SMILES string of the molecule is C=CCN(CC[C@@H](CN)CC(C)C)C(C)(C)C. The summed E-state index contributed by atoms with van der Waals surface area (Å²) in [6.45, 7) is 18.1. The van der Waals surface area contributed by atoms with Crippen LogP contribution in [0.2, 0.25) is 0 Å². The Morgan fingerprint density at radius 2 is 1.88 bits per heavy atom. The Morgan fingerprint density at radius 1 is 1.29 bits per heavy atom. The maximum absolute atomic E-state index is 5.85. The Labute approximate surface area is 108 Å². The number of hydrogen-bond donors (Lipinski definition) is 1. The van der Waals surface area contributed by atoms with E-state index in [1.54, 1.807) is 0 Å². The standard InChI is InChI=1S/C15H32N2/c1-7-9-17(15(4,5)6)10-8-14(12-16)11-13(2)3/h7,13-14H,1,8-12,16H2,2-6H3/t14-/m1/s1. The molecule has 0 aliphatic heterocycles. The van der Waals surface area contributed by atoms with Gasteiger partial charge in [-0.25, -0.2) is 0 Å². The lowest BCUT2D eigenvalue weighted by molar-refractivity contribution is 0.141. The highest BCUT2D eigenvalue weighted by Crippen LogP contribution is 2.18. The van der Waals surface area contributed by atoms with Crippen molar-refractivity contribution < 1.29 is 0 Å². The van der Waals surface area contributed by atoms with Crippen LogP contribution in [0.4, 0.5) is 0 Å². The second kappa shape index (κ2) is 7.88. The zero-order valence-corrected chi connectivity index (χ0v) is 12.5. The second-order valence-corrected chi connectivity index (χ2v) is 6.43. The van der Waals surface area contributed by atoms with E-state index in [0.717, 1.165) is 25.6 Å². The first-order valence-electron chi connectivity index (χ1n) is 6.87. The third-order valence-corrected chi connectivity index (χ3v) is 3.24.